The summed E-state index contributed by atoms with van der Waals surface area (Å²) in [6.07, 6.45) is 0. The first-order valence-electron chi connectivity index (χ1n) is 8.45. The number of hydrogen-bond donors (Lipinski definition) is 0. The fourth-order valence-electron chi connectivity index (χ4n) is 2.89. The molecule has 2 nitrogen and oxygen atoms in total. The molecule has 0 aliphatic heterocycles. The van der Waals surface area contributed by atoms with Crippen molar-refractivity contribution < 1.29 is 9.47 Å². The minimum Gasteiger partial charge on any atom is -0.471 e. The molecule has 188 valence electrons. The van der Waals surface area contributed by atoms with Crippen molar-refractivity contribution in [3.63, 3.8) is 0 Å². The Kier molecular flexibility index (Phi) is 11.2. The smallest absolute Gasteiger partial charge is 0.220 e. The molecule has 0 radical (unpaired) electrons. The monoisotopic (exact) mass is 1360 g/mol. The van der Waals surface area contributed by atoms with Gasteiger partial charge in [0.15, 0.2) is 9.70 Å². The lowest BCUT2D eigenvalue weighted by Crippen LogP contribution is -2.82. The van der Waals surface area contributed by atoms with Gasteiger partial charge >= 0.3 is 0 Å². The lowest BCUT2D eigenvalue weighted by Gasteiger charge is -2.65. The molecule has 3 rings (SSSR count). The fourth-order valence-corrected chi connectivity index (χ4v) is 16.3. The number of ether oxygens (including phenoxy) is 2. The zero-order chi connectivity index (χ0) is 26.1. The molecule has 1 aliphatic carbocycles. The van der Waals surface area contributed by atoms with Crippen molar-refractivity contribution in [2.24, 2.45) is 0 Å². The Morgan fingerprint density at radius 2 is 0.971 bits per heavy atom. The summed E-state index contributed by atoms with van der Waals surface area (Å²) in [5.74, 6) is 1.14. The van der Waals surface area contributed by atoms with E-state index in [0.717, 1.165) is 13.4 Å². The van der Waals surface area contributed by atoms with Crippen LogP contribution in [0.4, 0.5) is 0 Å². The topological polar surface area (TPSA) is 18.5 Å². The molecule has 0 saturated heterocycles. The van der Waals surface area contributed by atoms with Gasteiger partial charge in [0.2, 0.25) is 9.02 Å². The molecular formula is C18H6Br14O2. The lowest BCUT2D eigenvalue weighted by molar-refractivity contribution is 0.0354. The maximum atomic E-state index is 6.77. The molecular weight excluding hydrogens is 1370 g/mol. The van der Waals surface area contributed by atoms with Gasteiger partial charge in [0.05, 0.1) is 8.95 Å². The Labute approximate surface area is 314 Å². The van der Waals surface area contributed by atoms with Crippen molar-refractivity contribution in [3.05, 3.63) is 54.3 Å². The number of halogens is 14. The first-order valence-corrected chi connectivity index (χ1v) is 19.6. The molecule has 0 bridgehead atoms. The van der Waals surface area contributed by atoms with Crippen molar-refractivity contribution in [3.8, 4) is 11.5 Å². The molecule has 2 unspecified atom stereocenters. The molecule has 1 saturated carbocycles. The highest BCUT2D eigenvalue weighted by Crippen LogP contribution is 2.80. The molecule has 1 fully saturated rings. The highest BCUT2D eigenvalue weighted by atomic mass is 79.9. The molecule has 2 aromatic carbocycles. The van der Waals surface area contributed by atoms with Crippen molar-refractivity contribution in [2.45, 2.75) is 22.0 Å². The fraction of sp³-hybridized carbons (Fsp3) is 0.333. The minimum atomic E-state index is -1.33. The van der Waals surface area contributed by atoms with E-state index in [4.69, 9.17) is 9.47 Å². The van der Waals surface area contributed by atoms with Gasteiger partial charge in [0, 0.05) is 8.95 Å². The lowest BCUT2D eigenvalue weighted by atomic mass is 9.92. The van der Waals surface area contributed by atoms with Crippen LogP contribution in [-0.4, -0.2) is 22.0 Å². The summed E-state index contributed by atoms with van der Waals surface area (Å²) in [7, 11) is 0. The van der Waals surface area contributed by atoms with Crippen LogP contribution < -0.4 is 9.47 Å². The summed E-state index contributed by atoms with van der Waals surface area (Å²) in [6, 6.07) is 11.3. The molecule has 0 aromatic heterocycles. The van der Waals surface area contributed by atoms with E-state index in [1.54, 1.807) is 0 Å². The summed E-state index contributed by atoms with van der Waals surface area (Å²) >= 11 is 53.1. The second-order valence-electron chi connectivity index (χ2n) is 6.80. The standard InChI is InChI=1S/C18H6Br14O2/c19-8-6-9(11(21)12(22)10(8)20)34-18(32)15(27,28)13(23,24)14(25,26)17(31,16(18,29)30)33-7-4-2-1-3-5-7/h1-6H. The third-order valence-electron chi connectivity index (χ3n) is 4.73. The summed E-state index contributed by atoms with van der Waals surface area (Å²) in [6.45, 7) is 0. The zero-order valence-corrected chi connectivity index (χ0v) is 37.8. The van der Waals surface area contributed by atoms with Gasteiger partial charge in [-0.3, -0.25) is 0 Å². The molecule has 0 spiro atoms. The number of alkyl halides is 10. The predicted octanol–water partition coefficient (Wildman–Crippen LogP) is 13.3. The Balaban J connectivity index is 2.30. The first kappa shape index (κ1) is 33.3. The molecule has 34 heavy (non-hydrogen) atoms. The zero-order valence-electron chi connectivity index (χ0n) is 15.6. The van der Waals surface area contributed by atoms with Gasteiger partial charge in [-0.15, -0.1) is 0 Å². The molecule has 2 atom stereocenters. The van der Waals surface area contributed by atoms with Crippen LogP contribution in [0.2, 0.25) is 0 Å². The average Bonchev–Trinajstić information content (AvgIpc) is 2.75. The maximum Gasteiger partial charge on any atom is 0.220 e. The second kappa shape index (κ2) is 11.4. The number of hydrogen-bond acceptors (Lipinski definition) is 2. The predicted molar refractivity (Wildman–Crippen MR) is 191 cm³/mol. The molecule has 1 aliphatic rings. The molecule has 0 heterocycles. The Hall–Kier alpha value is 4.76. The summed E-state index contributed by atoms with van der Waals surface area (Å²) in [5, 5.41) is 0. The maximum absolute atomic E-state index is 6.77. The van der Waals surface area contributed by atoms with E-state index in [1.165, 1.54) is 0 Å². The van der Waals surface area contributed by atoms with Gasteiger partial charge in [-0.2, -0.15) is 0 Å². The SMILES string of the molecule is Brc1cc(OC2(Br)C(Br)(Br)C(Br)(Br)C(Br)(Br)C(Br)(Oc3ccccc3)C2(Br)Br)c(Br)c(Br)c1Br. The quantitative estimate of drug-likeness (QED) is 0.173. The summed E-state index contributed by atoms with van der Waals surface area (Å²) in [5.41, 5.74) is 0. The van der Waals surface area contributed by atoms with Gasteiger partial charge in [0.1, 0.15) is 14.7 Å². The van der Waals surface area contributed by atoms with Crippen molar-refractivity contribution in [2.75, 3.05) is 0 Å². The van der Waals surface area contributed by atoms with Gasteiger partial charge in [0.25, 0.3) is 0 Å². The Morgan fingerprint density at radius 3 is 1.47 bits per heavy atom. The van der Waals surface area contributed by atoms with Gasteiger partial charge in [-0.05, 0) is 114 Å². The molecule has 0 N–H and O–H groups in total. The van der Waals surface area contributed by atoms with E-state index >= 15 is 0 Å². The van der Waals surface area contributed by atoms with Crippen LogP contribution in [0.5, 0.6) is 11.5 Å². The van der Waals surface area contributed by atoms with E-state index < -0.39 is 22.0 Å². The van der Waals surface area contributed by atoms with Crippen LogP contribution in [0.3, 0.4) is 0 Å². The molecule has 16 heteroatoms. The van der Waals surface area contributed by atoms with Crippen LogP contribution in [0, 0.1) is 0 Å². The van der Waals surface area contributed by atoms with Crippen LogP contribution in [-0.2, 0) is 0 Å². The first-order chi connectivity index (χ1) is 15.3. The summed E-state index contributed by atoms with van der Waals surface area (Å²) < 4.78 is 9.51. The minimum absolute atomic E-state index is 0.521. The van der Waals surface area contributed by atoms with E-state index in [2.05, 4.69) is 223 Å². The van der Waals surface area contributed by atoms with E-state index in [1.807, 2.05) is 36.4 Å². The van der Waals surface area contributed by atoms with Crippen molar-refractivity contribution >= 4 is 223 Å². The Morgan fingerprint density at radius 1 is 0.500 bits per heavy atom. The van der Waals surface area contributed by atoms with Gasteiger partial charge in [-0.1, -0.05) is 146 Å². The molecule has 0 amide bonds. The third kappa shape index (κ3) is 5.02. The normalized spacial score (nSPS) is 28.9. The number of rotatable bonds is 4. The van der Waals surface area contributed by atoms with Crippen molar-refractivity contribution in [1.29, 1.82) is 0 Å². The highest BCUT2D eigenvalue weighted by molar-refractivity contribution is 9.34. The highest BCUT2D eigenvalue weighted by Gasteiger charge is 2.88. The number of benzene rings is 2. The van der Waals surface area contributed by atoms with E-state index in [9.17, 15) is 0 Å². The van der Waals surface area contributed by atoms with Crippen LogP contribution in [0.25, 0.3) is 0 Å². The third-order valence-corrected chi connectivity index (χ3v) is 29.8. The number of para-hydroxylation sites is 1. The van der Waals surface area contributed by atoms with Crippen LogP contribution >= 0.6 is 223 Å². The van der Waals surface area contributed by atoms with Crippen LogP contribution in [0.1, 0.15) is 0 Å². The van der Waals surface area contributed by atoms with Crippen molar-refractivity contribution in [1.82, 2.24) is 0 Å². The summed E-state index contributed by atoms with van der Waals surface area (Å²) in [4.78, 5) is 0. The Bertz CT molecular complexity index is 1110. The largest absolute Gasteiger partial charge is 0.471 e. The van der Waals surface area contributed by atoms with E-state index in [0.29, 0.717) is 16.0 Å². The second-order valence-corrected chi connectivity index (χ2v) is 26.0. The van der Waals surface area contributed by atoms with Gasteiger partial charge in [-0.25, -0.2) is 0 Å². The van der Waals surface area contributed by atoms with E-state index in [-0.39, 0.29) is 0 Å². The molecule has 2 aromatic rings. The average molecular weight is 1370 g/mol. The van der Waals surface area contributed by atoms with Gasteiger partial charge < -0.3 is 9.47 Å². The van der Waals surface area contributed by atoms with Crippen LogP contribution in [0.15, 0.2) is 54.3 Å².